The third-order valence-corrected chi connectivity index (χ3v) is 2.06. The number of aliphatic hydroxyl groups excluding tert-OH is 1. The molecule has 2 rings (SSSR count). The molecule has 90 valence electrons. The Bertz CT molecular complexity index is 565. The molecule has 0 bridgehead atoms. The number of nitrogens with two attached hydrogens (primary N) is 1. The van der Waals surface area contributed by atoms with Gasteiger partial charge in [0.1, 0.15) is 5.82 Å². The van der Waals surface area contributed by atoms with Crippen molar-refractivity contribution in [3.8, 4) is 0 Å². The van der Waals surface area contributed by atoms with Gasteiger partial charge in [-0.05, 0) is 0 Å². The molecular weight excluding hydrogens is 229 g/mol. The summed E-state index contributed by atoms with van der Waals surface area (Å²) < 4.78 is 13.4. The number of ketones is 1. The molecule has 4 N–H and O–H groups in total. The van der Waals surface area contributed by atoms with Gasteiger partial charge in [-0.25, -0.2) is 9.37 Å². The van der Waals surface area contributed by atoms with E-state index in [9.17, 15) is 14.0 Å². The summed E-state index contributed by atoms with van der Waals surface area (Å²) in [6.07, 6.45) is 2.27. The van der Waals surface area contributed by atoms with Gasteiger partial charge in [-0.3, -0.25) is 9.59 Å². The van der Waals surface area contributed by atoms with E-state index < -0.39 is 11.6 Å². The number of H-pyrrole nitrogens is 1. The van der Waals surface area contributed by atoms with E-state index in [0.29, 0.717) is 0 Å². The molecular formula is C10H10FN3O3. The average molecular weight is 239 g/mol. The van der Waals surface area contributed by atoms with Crippen LogP contribution >= 0.6 is 0 Å². The first-order chi connectivity index (χ1) is 8.15. The molecule has 6 nitrogen and oxygen atoms in total. The van der Waals surface area contributed by atoms with E-state index in [-0.39, 0.29) is 28.6 Å². The summed E-state index contributed by atoms with van der Waals surface area (Å²) in [5, 5.41) is 7.00. The zero-order chi connectivity index (χ0) is 13.0. The van der Waals surface area contributed by atoms with Crippen LogP contribution in [0.15, 0.2) is 12.4 Å². The number of nitrogens with one attached hydrogen (secondary N) is 1. The van der Waals surface area contributed by atoms with Crippen molar-refractivity contribution in [2.75, 3.05) is 12.8 Å². The smallest absolute Gasteiger partial charge is 0.227 e. The third-order valence-electron chi connectivity index (χ3n) is 2.06. The highest BCUT2D eigenvalue weighted by Crippen LogP contribution is 2.24. The Morgan fingerprint density at radius 3 is 2.82 bits per heavy atom. The van der Waals surface area contributed by atoms with Crippen molar-refractivity contribution < 1.29 is 19.1 Å². The minimum Gasteiger partial charge on any atom is -0.400 e. The van der Waals surface area contributed by atoms with Crippen LogP contribution in [0.1, 0.15) is 10.4 Å². The third kappa shape index (κ3) is 2.13. The molecule has 0 aliphatic heterocycles. The monoisotopic (exact) mass is 239 g/mol. The van der Waals surface area contributed by atoms with Crippen molar-refractivity contribution in [1.82, 2.24) is 9.97 Å². The maximum atomic E-state index is 13.4. The second-order valence-corrected chi connectivity index (χ2v) is 2.93. The van der Waals surface area contributed by atoms with Crippen molar-refractivity contribution >= 4 is 28.8 Å². The summed E-state index contributed by atoms with van der Waals surface area (Å²) in [5.41, 5.74) is 5.66. The lowest BCUT2D eigenvalue weighted by atomic mass is 10.1. The summed E-state index contributed by atoms with van der Waals surface area (Å²) >= 11 is 0. The zero-order valence-corrected chi connectivity index (χ0v) is 8.90. The number of hydrogen-bond acceptors (Lipinski definition) is 5. The van der Waals surface area contributed by atoms with Crippen molar-refractivity contribution in [3.63, 3.8) is 0 Å². The molecule has 0 saturated heterocycles. The summed E-state index contributed by atoms with van der Waals surface area (Å²) in [6, 6.07) is 0. The fraction of sp³-hybridized carbons (Fsp3) is 0.100. The molecule has 2 aromatic rings. The number of hydrogen-bond donors (Lipinski definition) is 3. The van der Waals surface area contributed by atoms with E-state index in [1.165, 1.54) is 6.20 Å². The predicted molar refractivity (Wildman–Crippen MR) is 59.0 cm³/mol. The van der Waals surface area contributed by atoms with Crippen LogP contribution < -0.4 is 5.73 Å². The highest BCUT2D eigenvalue weighted by Gasteiger charge is 2.16. The quantitative estimate of drug-likeness (QED) is 0.396. The molecule has 0 fully saturated rings. The Labute approximate surface area is 95.3 Å². The van der Waals surface area contributed by atoms with E-state index in [4.69, 9.17) is 10.8 Å². The van der Waals surface area contributed by atoms with Gasteiger partial charge in [0, 0.05) is 13.3 Å². The molecule has 0 aliphatic rings. The van der Waals surface area contributed by atoms with Crippen LogP contribution in [0.4, 0.5) is 10.2 Å². The van der Waals surface area contributed by atoms with Gasteiger partial charge < -0.3 is 15.8 Å². The fourth-order valence-corrected chi connectivity index (χ4v) is 1.39. The Morgan fingerprint density at radius 1 is 1.59 bits per heavy atom. The van der Waals surface area contributed by atoms with Crippen molar-refractivity contribution in [2.45, 2.75) is 0 Å². The van der Waals surface area contributed by atoms with Gasteiger partial charge in [-0.2, -0.15) is 0 Å². The molecule has 0 amide bonds. The number of nitrogens with zero attached hydrogens (tertiary/aromatic N) is 1. The minimum absolute atomic E-state index is 0.000370. The second-order valence-electron chi connectivity index (χ2n) is 2.93. The summed E-state index contributed by atoms with van der Waals surface area (Å²) in [4.78, 5) is 27.6. The first-order valence-electron chi connectivity index (χ1n) is 4.50. The Hall–Kier alpha value is -2.28. The van der Waals surface area contributed by atoms with E-state index in [1.54, 1.807) is 0 Å². The number of anilines is 1. The lowest BCUT2D eigenvalue weighted by molar-refractivity contribution is -0.104. The van der Waals surface area contributed by atoms with E-state index >= 15 is 0 Å². The first-order valence-corrected chi connectivity index (χ1v) is 4.50. The van der Waals surface area contributed by atoms with Gasteiger partial charge in [0.2, 0.25) is 5.78 Å². The molecule has 17 heavy (non-hydrogen) atoms. The van der Waals surface area contributed by atoms with Crippen LogP contribution in [0, 0.1) is 5.82 Å². The van der Waals surface area contributed by atoms with Crippen LogP contribution in [0.2, 0.25) is 0 Å². The number of halogens is 1. The number of aromatic nitrogens is 2. The molecule has 0 saturated carbocycles. The zero-order valence-electron chi connectivity index (χ0n) is 8.90. The lowest BCUT2D eigenvalue weighted by Crippen LogP contribution is -2.00. The molecule has 0 aromatic carbocycles. The standard InChI is InChI=1S/C9H6FN3O2.CH4O/c10-5-2-13-9(11)8-7(5)4(1-12-8)6(15)3-14;1-2/h1-3,12H,(H2,11,13);2H,1H3. The number of pyridine rings is 1. The van der Waals surface area contributed by atoms with Crippen molar-refractivity contribution in [2.24, 2.45) is 0 Å². The highest BCUT2D eigenvalue weighted by atomic mass is 19.1. The Balaban J connectivity index is 0.000000686. The molecule has 7 heteroatoms. The van der Waals surface area contributed by atoms with Gasteiger partial charge in [-0.15, -0.1) is 0 Å². The summed E-state index contributed by atoms with van der Waals surface area (Å²) in [7, 11) is 1.00. The van der Waals surface area contributed by atoms with E-state index in [2.05, 4.69) is 9.97 Å². The molecule has 0 radical (unpaired) electrons. The van der Waals surface area contributed by atoms with E-state index in [0.717, 1.165) is 13.3 Å². The molecule has 0 spiro atoms. The lowest BCUT2D eigenvalue weighted by Gasteiger charge is -1.97. The number of nitrogen functional groups attached to an aromatic ring is 1. The first kappa shape index (κ1) is 12.8. The SMILES string of the molecule is CO.Nc1ncc(F)c2c(C(=O)C=O)c[nH]c12. The number of rotatable bonds is 2. The van der Waals surface area contributed by atoms with Crippen LogP contribution in [0.5, 0.6) is 0 Å². The number of aromatic amines is 1. The van der Waals surface area contributed by atoms with Gasteiger partial charge in [0.25, 0.3) is 0 Å². The average Bonchev–Trinajstić information content (AvgIpc) is 2.81. The number of Topliss-reactive ketones (excluding diaryl/α,β-unsaturated/α-hetero) is 1. The maximum Gasteiger partial charge on any atom is 0.227 e. The molecule has 0 unspecified atom stereocenters. The normalized spacial score (nSPS) is 9.59. The largest absolute Gasteiger partial charge is 0.400 e. The number of fused-ring (bicyclic) bond motifs is 1. The van der Waals surface area contributed by atoms with Gasteiger partial charge >= 0.3 is 0 Å². The van der Waals surface area contributed by atoms with Gasteiger partial charge in [0.15, 0.2) is 12.1 Å². The Morgan fingerprint density at radius 2 is 2.24 bits per heavy atom. The summed E-state index contributed by atoms with van der Waals surface area (Å²) in [5.74, 6) is -1.41. The van der Waals surface area contributed by atoms with Crippen molar-refractivity contribution in [1.29, 1.82) is 0 Å². The van der Waals surface area contributed by atoms with Gasteiger partial charge in [0.05, 0.1) is 22.7 Å². The van der Waals surface area contributed by atoms with Crippen LogP contribution in [-0.2, 0) is 4.79 Å². The van der Waals surface area contributed by atoms with Crippen LogP contribution in [-0.4, -0.2) is 34.3 Å². The maximum absolute atomic E-state index is 13.4. The Kier molecular flexibility index (Phi) is 3.89. The molecule has 2 heterocycles. The van der Waals surface area contributed by atoms with Crippen LogP contribution in [0.3, 0.4) is 0 Å². The molecule has 0 atom stereocenters. The number of aldehydes is 1. The topological polar surface area (TPSA) is 109 Å². The van der Waals surface area contributed by atoms with Crippen molar-refractivity contribution in [3.05, 3.63) is 23.8 Å². The highest BCUT2D eigenvalue weighted by molar-refractivity contribution is 6.36. The minimum atomic E-state index is -0.800. The molecule has 2 aromatic heterocycles. The number of carbonyl (C=O) groups excluding carboxylic acids is 2. The second kappa shape index (κ2) is 5.17. The predicted octanol–water partition coefficient (Wildman–Crippen LogP) is 0.274. The molecule has 0 aliphatic carbocycles. The van der Waals surface area contributed by atoms with Crippen LogP contribution in [0.25, 0.3) is 10.9 Å². The van der Waals surface area contributed by atoms with Gasteiger partial charge in [-0.1, -0.05) is 0 Å². The fourth-order valence-electron chi connectivity index (χ4n) is 1.39. The number of aliphatic hydroxyl groups is 1. The number of carbonyl (C=O) groups is 2. The van der Waals surface area contributed by atoms with E-state index in [1.807, 2.05) is 0 Å². The summed E-state index contributed by atoms with van der Waals surface area (Å²) in [6.45, 7) is 0.